The number of thiazole rings is 1. The second kappa shape index (κ2) is 5.76. The Morgan fingerprint density at radius 3 is 2.74 bits per heavy atom. The zero-order valence-electron chi connectivity index (χ0n) is 11.2. The van der Waals surface area contributed by atoms with Gasteiger partial charge < -0.3 is 4.98 Å². The Morgan fingerprint density at radius 2 is 2.16 bits per heavy atom. The van der Waals surface area contributed by atoms with Crippen LogP contribution in [-0.2, 0) is 10.0 Å². The molecule has 1 aromatic rings. The Hall–Kier alpha value is -0.660. The molecule has 2 N–H and O–H groups in total. The summed E-state index contributed by atoms with van der Waals surface area (Å²) >= 11 is 0.747. The highest BCUT2D eigenvalue weighted by atomic mass is 32.2. The minimum atomic E-state index is -3.55. The van der Waals surface area contributed by atoms with E-state index in [9.17, 15) is 13.2 Å². The van der Waals surface area contributed by atoms with Crippen LogP contribution in [0.15, 0.2) is 9.00 Å². The number of hydrogen-bond acceptors (Lipinski definition) is 4. The fraction of sp³-hybridized carbons (Fsp3) is 0.750. The van der Waals surface area contributed by atoms with Crippen molar-refractivity contribution in [3.8, 4) is 0 Å². The van der Waals surface area contributed by atoms with Crippen molar-refractivity contribution in [1.82, 2.24) is 9.71 Å². The Morgan fingerprint density at radius 1 is 1.42 bits per heavy atom. The fourth-order valence-corrected chi connectivity index (χ4v) is 5.14. The van der Waals surface area contributed by atoms with E-state index in [4.69, 9.17) is 0 Å². The molecule has 0 bridgehead atoms. The highest BCUT2D eigenvalue weighted by Gasteiger charge is 2.24. The van der Waals surface area contributed by atoms with E-state index in [0.717, 1.165) is 24.2 Å². The molecule has 1 aliphatic carbocycles. The first-order valence-electron chi connectivity index (χ1n) is 6.58. The molecule has 2 unspecified atom stereocenters. The number of aromatic amines is 1. The van der Waals surface area contributed by atoms with E-state index in [0.29, 0.717) is 24.1 Å². The van der Waals surface area contributed by atoms with Gasteiger partial charge in [-0.2, -0.15) is 0 Å². The number of rotatable bonds is 4. The summed E-state index contributed by atoms with van der Waals surface area (Å²) in [5.41, 5.74) is 0.416. The van der Waals surface area contributed by atoms with Crippen LogP contribution in [0.5, 0.6) is 0 Å². The molecule has 19 heavy (non-hydrogen) atoms. The summed E-state index contributed by atoms with van der Waals surface area (Å²) in [7, 11) is -3.55. The average Bonchev–Trinajstić information content (AvgIpc) is 2.67. The van der Waals surface area contributed by atoms with Gasteiger partial charge >= 0.3 is 4.87 Å². The SMILES string of the molecule is Cc1[nH]c(=O)sc1S(=O)(=O)NCC1CCCC(C)C1. The van der Waals surface area contributed by atoms with Crippen LogP contribution < -0.4 is 9.60 Å². The summed E-state index contributed by atoms with van der Waals surface area (Å²) in [6.45, 7) is 4.29. The molecule has 0 radical (unpaired) electrons. The van der Waals surface area contributed by atoms with E-state index in [1.165, 1.54) is 12.8 Å². The van der Waals surface area contributed by atoms with Crippen LogP contribution in [0.25, 0.3) is 0 Å². The minimum Gasteiger partial charge on any atom is -0.315 e. The molecule has 0 aliphatic heterocycles. The molecular formula is C12H20N2O3S2. The monoisotopic (exact) mass is 304 g/mol. The van der Waals surface area contributed by atoms with Gasteiger partial charge in [0.25, 0.3) is 10.0 Å². The van der Waals surface area contributed by atoms with Crippen molar-refractivity contribution in [2.45, 2.75) is 43.7 Å². The van der Waals surface area contributed by atoms with Crippen LogP contribution in [0, 0.1) is 18.8 Å². The first kappa shape index (κ1) is 14.7. The van der Waals surface area contributed by atoms with E-state index < -0.39 is 10.0 Å². The molecule has 5 nitrogen and oxygen atoms in total. The highest BCUT2D eigenvalue weighted by Crippen LogP contribution is 2.28. The maximum Gasteiger partial charge on any atom is 0.305 e. The van der Waals surface area contributed by atoms with Gasteiger partial charge in [0, 0.05) is 12.2 Å². The van der Waals surface area contributed by atoms with Crippen molar-refractivity contribution in [3.63, 3.8) is 0 Å². The molecule has 0 aromatic carbocycles. The smallest absolute Gasteiger partial charge is 0.305 e. The maximum absolute atomic E-state index is 12.1. The normalized spacial score (nSPS) is 24.5. The molecule has 1 aliphatic rings. The zero-order chi connectivity index (χ0) is 14.0. The summed E-state index contributed by atoms with van der Waals surface area (Å²) in [5.74, 6) is 1.09. The maximum atomic E-state index is 12.1. The molecule has 108 valence electrons. The molecule has 1 heterocycles. The predicted octanol–water partition coefficient (Wildman–Crippen LogP) is 1.85. The summed E-state index contributed by atoms with van der Waals surface area (Å²) in [6.07, 6.45) is 4.56. The Balaban J connectivity index is 2.02. The van der Waals surface area contributed by atoms with Gasteiger partial charge in [0.15, 0.2) is 4.21 Å². The average molecular weight is 304 g/mol. The van der Waals surface area contributed by atoms with Gasteiger partial charge in [-0.05, 0) is 31.6 Å². The van der Waals surface area contributed by atoms with Crippen LogP contribution in [0.2, 0.25) is 0 Å². The molecule has 1 fully saturated rings. The van der Waals surface area contributed by atoms with Gasteiger partial charge in [-0.3, -0.25) is 4.79 Å². The van der Waals surface area contributed by atoms with Crippen LogP contribution in [0.1, 0.15) is 38.3 Å². The lowest BCUT2D eigenvalue weighted by Crippen LogP contribution is -2.31. The standard InChI is InChI=1S/C12H20N2O3S2/c1-8-4-3-5-10(6-8)7-13-19(16,17)11-9(2)14-12(15)18-11/h8,10,13H,3-7H2,1-2H3,(H,14,15). The van der Waals surface area contributed by atoms with Crippen LogP contribution >= 0.6 is 11.3 Å². The number of aromatic nitrogens is 1. The van der Waals surface area contributed by atoms with Gasteiger partial charge in [-0.15, -0.1) is 0 Å². The zero-order valence-corrected chi connectivity index (χ0v) is 12.9. The summed E-state index contributed by atoms with van der Waals surface area (Å²) in [6, 6.07) is 0. The quantitative estimate of drug-likeness (QED) is 0.891. The molecule has 0 amide bonds. The molecular weight excluding hydrogens is 284 g/mol. The van der Waals surface area contributed by atoms with Crippen molar-refractivity contribution in [3.05, 3.63) is 15.4 Å². The Kier molecular flexibility index (Phi) is 4.47. The van der Waals surface area contributed by atoms with E-state index in [2.05, 4.69) is 16.6 Å². The summed E-state index contributed by atoms with van der Waals surface area (Å²) in [5, 5.41) is 0. The van der Waals surface area contributed by atoms with Crippen molar-refractivity contribution in [2.24, 2.45) is 11.8 Å². The van der Waals surface area contributed by atoms with E-state index in [1.54, 1.807) is 6.92 Å². The number of hydrogen-bond donors (Lipinski definition) is 2. The van der Waals surface area contributed by atoms with Gasteiger partial charge in [-0.1, -0.05) is 31.1 Å². The van der Waals surface area contributed by atoms with E-state index in [-0.39, 0.29) is 9.08 Å². The van der Waals surface area contributed by atoms with Crippen molar-refractivity contribution in [2.75, 3.05) is 6.54 Å². The van der Waals surface area contributed by atoms with Crippen LogP contribution in [0.4, 0.5) is 0 Å². The largest absolute Gasteiger partial charge is 0.315 e. The Bertz CT molecular complexity index is 588. The number of aryl methyl sites for hydroxylation is 1. The molecule has 1 aromatic heterocycles. The van der Waals surface area contributed by atoms with E-state index >= 15 is 0 Å². The number of H-pyrrole nitrogens is 1. The third kappa shape index (κ3) is 3.67. The first-order valence-corrected chi connectivity index (χ1v) is 8.88. The second-order valence-electron chi connectivity index (χ2n) is 5.42. The third-order valence-electron chi connectivity index (χ3n) is 3.63. The summed E-state index contributed by atoms with van der Waals surface area (Å²) in [4.78, 5) is 13.4. The number of nitrogens with one attached hydrogen (secondary N) is 2. The van der Waals surface area contributed by atoms with Gasteiger partial charge in [0.2, 0.25) is 0 Å². The lowest BCUT2D eigenvalue weighted by Gasteiger charge is -2.26. The van der Waals surface area contributed by atoms with Gasteiger partial charge in [-0.25, -0.2) is 13.1 Å². The minimum absolute atomic E-state index is 0.112. The first-order chi connectivity index (χ1) is 8.88. The van der Waals surface area contributed by atoms with Crippen LogP contribution in [-0.4, -0.2) is 19.9 Å². The second-order valence-corrected chi connectivity index (χ2v) is 8.36. The van der Waals surface area contributed by atoms with Crippen molar-refractivity contribution >= 4 is 21.4 Å². The molecule has 0 saturated heterocycles. The predicted molar refractivity (Wildman–Crippen MR) is 76.0 cm³/mol. The summed E-state index contributed by atoms with van der Waals surface area (Å²) < 4.78 is 27.0. The molecule has 2 rings (SSSR count). The topological polar surface area (TPSA) is 79.0 Å². The lowest BCUT2D eigenvalue weighted by atomic mass is 9.83. The Labute approximate surface area is 117 Å². The van der Waals surface area contributed by atoms with Crippen molar-refractivity contribution < 1.29 is 8.42 Å². The highest BCUT2D eigenvalue weighted by molar-refractivity contribution is 7.91. The molecule has 7 heteroatoms. The van der Waals surface area contributed by atoms with Crippen molar-refractivity contribution in [1.29, 1.82) is 0 Å². The fourth-order valence-electron chi connectivity index (χ4n) is 2.69. The third-order valence-corrected chi connectivity index (χ3v) is 6.66. The van der Waals surface area contributed by atoms with Gasteiger partial charge in [0.1, 0.15) is 0 Å². The molecule has 2 atom stereocenters. The molecule has 0 spiro atoms. The lowest BCUT2D eigenvalue weighted by molar-refractivity contribution is 0.283. The van der Waals surface area contributed by atoms with Crippen LogP contribution in [0.3, 0.4) is 0 Å². The van der Waals surface area contributed by atoms with Gasteiger partial charge in [0.05, 0.1) is 0 Å². The number of sulfonamides is 1. The molecule has 1 saturated carbocycles. The van der Waals surface area contributed by atoms with E-state index in [1.807, 2.05) is 0 Å².